The van der Waals surface area contributed by atoms with E-state index in [4.69, 9.17) is 17.3 Å². The highest BCUT2D eigenvalue weighted by atomic mass is 16.6. The summed E-state index contributed by atoms with van der Waals surface area (Å²) in [5, 5.41) is 0. The second kappa shape index (κ2) is 3.53. The van der Waals surface area contributed by atoms with Gasteiger partial charge in [-0.2, -0.15) is 0 Å². The Morgan fingerprint density at radius 3 is 2.79 bits per heavy atom. The molecule has 0 saturated carbocycles. The van der Waals surface area contributed by atoms with E-state index in [0.717, 1.165) is 19.3 Å². The first kappa shape index (κ1) is 10.5. The van der Waals surface area contributed by atoms with Crippen LogP contribution in [0.4, 0.5) is 0 Å². The van der Waals surface area contributed by atoms with Crippen LogP contribution in [0.25, 0.3) is 0 Å². The van der Waals surface area contributed by atoms with Gasteiger partial charge in [0.1, 0.15) is 7.85 Å². The predicted octanol–water partition coefficient (Wildman–Crippen LogP) is 1.86. The molecular weight excluding hydrogens is 175 g/mol. The van der Waals surface area contributed by atoms with E-state index in [9.17, 15) is 0 Å². The van der Waals surface area contributed by atoms with Crippen LogP contribution in [0.5, 0.6) is 0 Å². The van der Waals surface area contributed by atoms with E-state index in [0.29, 0.717) is 12.0 Å². The third-order valence-electron chi connectivity index (χ3n) is 3.95. The number of rotatable bonds is 1. The molecule has 0 spiro atoms. The minimum Gasteiger partial charge on any atom is -0.382 e. The van der Waals surface area contributed by atoms with Crippen molar-refractivity contribution in [2.24, 2.45) is 5.92 Å². The molecule has 2 bridgehead atoms. The second-order valence-electron chi connectivity index (χ2n) is 4.85. The standard InChI is InChI=1S/C11H19BO2/c1-4-8-5-6-11(3)7(2)9(14-11)10(12)13-8/h7-10H,4-6H2,1-3H3. The summed E-state index contributed by atoms with van der Waals surface area (Å²) >= 11 is 0. The minimum absolute atomic E-state index is 0.0550. The van der Waals surface area contributed by atoms with Crippen molar-refractivity contribution in [2.75, 3.05) is 0 Å². The first-order valence-corrected chi connectivity index (χ1v) is 5.65. The maximum absolute atomic E-state index is 5.95. The average Bonchev–Trinajstić information content (AvgIpc) is 2.17. The van der Waals surface area contributed by atoms with Crippen molar-refractivity contribution in [1.82, 2.24) is 0 Å². The lowest BCUT2D eigenvalue weighted by atomic mass is 9.69. The zero-order valence-electron chi connectivity index (χ0n) is 9.32. The molecule has 5 atom stereocenters. The van der Waals surface area contributed by atoms with Gasteiger partial charge in [-0.15, -0.1) is 0 Å². The molecule has 3 aliphatic heterocycles. The highest BCUT2D eigenvalue weighted by molar-refractivity contribution is 6.11. The fourth-order valence-corrected chi connectivity index (χ4v) is 2.55. The van der Waals surface area contributed by atoms with E-state index in [1.807, 2.05) is 0 Å². The Morgan fingerprint density at radius 1 is 1.50 bits per heavy atom. The lowest BCUT2D eigenvalue weighted by Crippen LogP contribution is -2.63. The van der Waals surface area contributed by atoms with Gasteiger partial charge < -0.3 is 9.47 Å². The van der Waals surface area contributed by atoms with Crippen LogP contribution in [-0.2, 0) is 9.47 Å². The summed E-state index contributed by atoms with van der Waals surface area (Å²) in [6.45, 7) is 6.56. The summed E-state index contributed by atoms with van der Waals surface area (Å²) in [6.07, 6.45) is 3.64. The van der Waals surface area contributed by atoms with Crippen LogP contribution in [0.15, 0.2) is 0 Å². The summed E-state index contributed by atoms with van der Waals surface area (Å²) in [5.74, 6) is 0.523. The van der Waals surface area contributed by atoms with Crippen LogP contribution in [0.3, 0.4) is 0 Å². The van der Waals surface area contributed by atoms with E-state index in [1.165, 1.54) is 0 Å². The van der Waals surface area contributed by atoms with Crippen LogP contribution in [-0.4, -0.2) is 31.7 Å². The van der Waals surface area contributed by atoms with E-state index in [-0.39, 0.29) is 17.7 Å². The van der Waals surface area contributed by atoms with E-state index < -0.39 is 0 Å². The summed E-state index contributed by atoms with van der Waals surface area (Å²) in [6, 6.07) is -0.233. The molecule has 78 valence electrons. The zero-order chi connectivity index (χ0) is 10.3. The highest BCUT2D eigenvalue weighted by Crippen LogP contribution is 2.45. The lowest BCUT2D eigenvalue weighted by Gasteiger charge is -2.56. The second-order valence-corrected chi connectivity index (χ2v) is 4.85. The van der Waals surface area contributed by atoms with Crippen LogP contribution in [0.1, 0.15) is 40.0 Å². The maximum Gasteiger partial charge on any atom is 0.112 e. The van der Waals surface area contributed by atoms with Crippen LogP contribution in [0, 0.1) is 5.92 Å². The molecule has 0 aliphatic carbocycles. The molecule has 2 nitrogen and oxygen atoms in total. The fraction of sp³-hybridized carbons (Fsp3) is 1.00. The van der Waals surface area contributed by atoms with Gasteiger partial charge >= 0.3 is 0 Å². The van der Waals surface area contributed by atoms with Gasteiger partial charge in [0.15, 0.2) is 0 Å². The third kappa shape index (κ3) is 1.51. The van der Waals surface area contributed by atoms with Gasteiger partial charge in [0, 0.05) is 11.9 Å². The molecule has 0 amide bonds. The van der Waals surface area contributed by atoms with Gasteiger partial charge in [-0.05, 0) is 26.2 Å². The highest BCUT2D eigenvalue weighted by Gasteiger charge is 2.52. The Balaban J connectivity index is 2.06. The summed E-state index contributed by atoms with van der Waals surface area (Å²) < 4.78 is 11.6. The SMILES string of the molecule is [B]C1OC(CC)CCC2(C)OC1C2C. The van der Waals surface area contributed by atoms with Crippen molar-refractivity contribution in [3.05, 3.63) is 0 Å². The van der Waals surface area contributed by atoms with E-state index >= 15 is 0 Å². The summed E-state index contributed by atoms with van der Waals surface area (Å²) in [5.41, 5.74) is 0.0550. The van der Waals surface area contributed by atoms with Crippen LogP contribution in [0.2, 0.25) is 0 Å². The molecule has 0 aromatic rings. The van der Waals surface area contributed by atoms with E-state index in [1.54, 1.807) is 0 Å². The van der Waals surface area contributed by atoms with Crippen molar-refractivity contribution >= 4 is 7.85 Å². The topological polar surface area (TPSA) is 18.5 Å². The molecule has 3 heteroatoms. The molecule has 2 radical (unpaired) electrons. The van der Waals surface area contributed by atoms with Gasteiger partial charge in [-0.25, -0.2) is 0 Å². The molecule has 14 heavy (non-hydrogen) atoms. The van der Waals surface area contributed by atoms with Crippen LogP contribution < -0.4 is 0 Å². The van der Waals surface area contributed by atoms with Gasteiger partial charge in [0.2, 0.25) is 0 Å². The number of ether oxygens (including phenoxy) is 2. The number of hydrogen-bond donors (Lipinski definition) is 0. The Bertz CT molecular complexity index is 221. The smallest absolute Gasteiger partial charge is 0.112 e. The average molecular weight is 194 g/mol. The molecule has 3 rings (SSSR count). The molecule has 3 saturated heterocycles. The van der Waals surface area contributed by atoms with E-state index in [2.05, 4.69) is 20.8 Å². The first-order chi connectivity index (χ1) is 6.57. The molecule has 0 N–H and O–H groups in total. The van der Waals surface area contributed by atoms with Crippen molar-refractivity contribution in [1.29, 1.82) is 0 Å². The molecule has 5 unspecified atom stereocenters. The van der Waals surface area contributed by atoms with Gasteiger partial charge in [0.25, 0.3) is 0 Å². The molecule has 3 aliphatic rings. The number of hydrogen-bond acceptors (Lipinski definition) is 2. The summed E-state index contributed by atoms with van der Waals surface area (Å²) in [4.78, 5) is 0. The molecule has 0 aromatic heterocycles. The molecule has 3 fully saturated rings. The molecule has 0 aromatic carbocycles. The number of fused-ring (bicyclic) bond motifs is 4. The quantitative estimate of drug-likeness (QED) is 0.593. The third-order valence-corrected chi connectivity index (χ3v) is 3.95. The first-order valence-electron chi connectivity index (χ1n) is 5.65. The molecular formula is C11H19BO2. The Labute approximate surface area is 87.8 Å². The minimum atomic E-state index is -0.233. The van der Waals surface area contributed by atoms with Gasteiger partial charge in [-0.1, -0.05) is 13.8 Å². The van der Waals surface area contributed by atoms with Crippen molar-refractivity contribution in [3.8, 4) is 0 Å². The van der Waals surface area contributed by atoms with Crippen molar-refractivity contribution in [2.45, 2.75) is 63.8 Å². The zero-order valence-corrected chi connectivity index (χ0v) is 9.32. The Hall–Kier alpha value is -0.0151. The predicted molar refractivity (Wildman–Crippen MR) is 56.4 cm³/mol. The van der Waals surface area contributed by atoms with Crippen molar-refractivity contribution in [3.63, 3.8) is 0 Å². The Morgan fingerprint density at radius 2 is 2.21 bits per heavy atom. The van der Waals surface area contributed by atoms with Crippen LogP contribution >= 0.6 is 0 Å². The molecule has 3 heterocycles. The summed E-state index contributed by atoms with van der Waals surface area (Å²) in [7, 11) is 5.95. The lowest BCUT2D eigenvalue weighted by molar-refractivity contribution is -0.289. The van der Waals surface area contributed by atoms with Gasteiger partial charge in [-0.3, -0.25) is 0 Å². The maximum atomic E-state index is 5.95. The Kier molecular flexibility index (Phi) is 2.65. The van der Waals surface area contributed by atoms with Gasteiger partial charge in [0.05, 0.1) is 17.8 Å². The fourth-order valence-electron chi connectivity index (χ4n) is 2.55. The monoisotopic (exact) mass is 194 g/mol. The largest absolute Gasteiger partial charge is 0.382 e. The van der Waals surface area contributed by atoms with Crippen molar-refractivity contribution < 1.29 is 9.47 Å². The normalized spacial score (nSPS) is 53.1.